The summed E-state index contributed by atoms with van der Waals surface area (Å²) in [5, 5.41) is 0. The number of hydrogen-bond acceptors (Lipinski definition) is 3. The van der Waals surface area contributed by atoms with E-state index in [9.17, 15) is 4.79 Å². The highest BCUT2D eigenvalue weighted by molar-refractivity contribution is 5.94. The molecule has 2 heterocycles. The van der Waals surface area contributed by atoms with Crippen LogP contribution in [0.4, 0.5) is 0 Å². The summed E-state index contributed by atoms with van der Waals surface area (Å²) in [6.45, 7) is 6.98. The number of rotatable bonds is 5. The molecule has 1 fully saturated rings. The Hall–Kier alpha value is -2.20. The highest BCUT2D eigenvalue weighted by Gasteiger charge is 2.32. The summed E-state index contributed by atoms with van der Waals surface area (Å²) in [5.74, 6) is 0.0878. The van der Waals surface area contributed by atoms with E-state index in [0.717, 1.165) is 26.1 Å². The van der Waals surface area contributed by atoms with Crippen molar-refractivity contribution in [2.45, 2.75) is 32.4 Å². The van der Waals surface area contributed by atoms with E-state index in [2.05, 4.69) is 48.0 Å². The summed E-state index contributed by atoms with van der Waals surface area (Å²) in [5.41, 5.74) is 2.01. The summed E-state index contributed by atoms with van der Waals surface area (Å²) in [4.78, 5) is 21.3. The second-order valence-electron chi connectivity index (χ2n) is 6.36. The average Bonchev–Trinajstić information content (AvgIpc) is 3.13. The number of nitrogens with zero attached hydrogens (tertiary/aromatic N) is 3. The first-order valence-electron chi connectivity index (χ1n) is 8.70. The lowest BCUT2D eigenvalue weighted by molar-refractivity contribution is 0.0689. The number of carbonyl (C=O) groups is 1. The monoisotopic (exact) mass is 323 g/mol. The molecular formula is C20H25N3O. The zero-order valence-corrected chi connectivity index (χ0v) is 14.4. The molecule has 4 nitrogen and oxygen atoms in total. The van der Waals surface area contributed by atoms with Crippen molar-refractivity contribution in [2.24, 2.45) is 0 Å². The molecule has 1 aliphatic heterocycles. The topological polar surface area (TPSA) is 36.4 Å². The van der Waals surface area contributed by atoms with Gasteiger partial charge in [0.1, 0.15) is 0 Å². The van der Waals surface area contributed by atoms with E-state index in [4.69, 9.17) is 0 Å². The van der Waals surface area contributed by atoms with Crippen LogP contribution in [-0.2, 0) is 0 Å². The highest BCUT2D eigenvalue weighted by atomic mass is 16.2. The molecule has 0 unspecified atom stereocenters. The number of likely N-dealkylation sites (tertiary alicyclic amines) is 1. The van der Waals surface area contributed by atoms with Crippen LogP contribution in [0, 0.1) is 0 Å². The van der Waals surface area contributed by atoms with Crippen LogP contribution in [0.2, 0.25) is 0 Å². The fraction of sp³-hybridized carbons (Fsp3) is 0.400. The third kappa shape index (κ3) is 3.49. The quantitative estimate of drug-likeness (QED) is 0.846. The molecule has 1 saturated heterocycles. The van der Waals surface area contributed by atoms with Gasteiger partial charge in [0.25, 0.3) is 5.91 Å². The van der Waals surface area contributed by atoms with Crippen molar-refractivity contribution in [3.63, 3.8) is 0 Å². The zero-order chi connectivity index (χ0) is 16.9. The summed E-state index contributed by atoms with van der Waals surface area (Å²) >= 11 is 0. The van der Waals surface area contributed by atoms with Crippen molar-refractivity contribution in [1.82, 2.24) is 14.8 Å². The van der Waals surface area contributed by atoms with Gasteiger partial charge in [-0.2, -0.15) is 0 Å². The fourth-order valence-corrected chi connectivity index (χ4v) is 3.54. The van der Waals surface area contributed by atoms with E-state index >= 15 is 0 Å². The minimum Gasteiger partial charge on any atom is -0.335 e. The lowest BCUT2D eigenvalue weighted by Crippen LogP contribution is -2.42. The second-order valence-corrected chi connectivity index (χ2v) is 6.36. The second kappa shape index (κ2) is 7.58. The predicted molar refractivity (Wildman–Crippen MR) is 95.8 cm³/mol. The normalized spacial score (nSPS) is 19.2. The van der Waals surface area contributed by atoms with E-state index < -0.39 is 0 Å². The lowest BCUT2D eigenvalue weighted by Gasteiger charge is -2.30. The van der Waals surface area contributed by atoms with Crippen molar-refractivity contribution >= 4 is 5.91 Å². The zero-order valence-electron chi connectivity index (χ0n) is 14.4. The van der Waals surface area contributed by atoms with Gasteiger partial charge in [0.05, 0.1) is 5.56 Å². The van der Waals surface area contributed by atoms with Gasteiger partial charge < -0.3 is 4.90 Å². The van der Waals surface area contributed by atoms with Gasteiger partial charge >= 0.3 is 0 Å². The van der Waals surface area contributed by atoms with E-state index in [-0.39, 0.29) is 11.9 Å². The fourth-order valence-electron chi connectivity index (χ4n) is 3.54. The third-order valence-corrected chi connectivity index (χ3v) is 4.98. The molecule has 2 atom stereocenters. The number of aromatic nitrogens is 1. The van der Waals surface area contributed by atoms with Gasteiger partial charge in [0, 0.05) is 44.1 Å². The summed E-state index contributed by atoms with van der Waals surface area (Å²) in [6, 6.07) is 14.9. The molecule has 1 amide bonds. The number of likely N-dealkylation sites (N-methyl/N-ethyl adjacent to an activating group) is 1. The Morgan fingerprint density at radius 2 is 2.08 bits per heavy atom. The molecular weight excluding hydrogens is 298 g/mol. The van der Waals surface area contributed by atoms with Crippen LogP contribution < -0.4 is 0 Å². The van der Waals surface area contributed by atoms with E-state index in [1.54, 1.807) is 12.4 Å². The standard InChI is InChI=1S/C20H25N3O/c1-3-23(20(24)18-10-7-12-21-14-18)19-11-13-22(15-19)16(2)17-8-5-4-6-9-17/h4-10,12,14,16,19H,3,11,13,15H2,1-2H3/t16-,19+/m1/s1. The molecule has 1 aromatic heterocycles. The first kappa shape index (κ1) is 16.7. The number of hydrogen-bond donors (Lipinski definition) is 0. The molecule has 0 N–H and O–H groups in total. The van der Waals surface area contributed by atoms with Crippen LogP contribution in [0.3, 0.4) is 0 Å². The minimum absolute atomic E-state index is 0.0878. The van der Waals surface area contributed by atoms with Crippen molar-refractivity contribution in [2.75, 3.05) is 19.6 Å². The Morgan fingerprint density at radius 1 is 1.29 bits per heavy atom. The van der Waals surface area contributed by atoms with Crippen LogP contribution in [0.5, 0.6) is 0 Å². The summed E-state index contributed by atoms with van der Waals surface area (Å²) < 4.78 is 0. The maximum absolute atomic E-state index is 12.8. The Labute approximate surface area is 144 Å². The van der Waals surface area contributed by atoms with Crippen LogP contribution in [-0.4, -0.2) is 46.4 Å². The molecule has 126 valence electrons. The van der Waals surface area contributed by atoms with E-state index in [0.29, 0.717) is 11.6 Å². The van der Waals surface area contributed by atoms with Crippen molar-refractivity contribution in [1.29, 1.82) is 0 Å². The SMILES string of the molecule is CCN(C(=O)c1cccnc1)[C@H]1CCN([C@H](C)c2ccccc2)C1. The molecule has 3 rings (SSSR count). The molecule has 1 aromatic carbocycles. The Balaban J connectivity index is 1.68. The number of pyridine rings is 1. The third-order valence-electron chi connectivity index (χ3n) is 4.98. The maximum Gasteiger partial charge on any atom is 0.255 e. The lowest BCUT2D eigenvalue weighted by atomic mass is 10.1. The molecule has 1 aliphatic rings. The Morgan fingerprint density at radius 3 is 2.75 bits per heavy atom. The molecule has 0 bridgehead atoms. The molecule has 2 aromatic rings. The van der Waals surface area contributed by atoms with Gasteiger partial charge in [-0.15, -0.1) is 0 Å². The Kier molecular flexibility index (Phi) is 5.26. The smallest absolute Gasteiger partial charge is 0.255 e. The van der Waals surface area contributed by atoms with Gasteiger partial charge in [-0.05, 0) is 38.0 Å². The van der Waals surface area contributed by atoms with Gasteiger partial charge in [0.15, 0.2) is 0 Å². The van der Waals surface area contributed by atoms with Gasteiger partial charge in [-0.25, -0.2) is 0 Å². The highest BCUT2D eigenvalue weighted by Crippen LogP contribution is 2.27. The predicted octanol–water partition coefficient (Wildman–Crippen LogP) is 3.38. The van der Waals surface area contributed by atoms with Gasteiger partial charge in [0.2, 0.25) is 0 Å². The van der Waals surface area contributed by atoms with Crippen LogP contribution in [0.25, 0.3) is 0 Å². The van der Waals surface area contributed by atoms with E-state index in [1.165, 1.54) is 5.56 Å². The van der Waals surface area contributed by atoms with Crippen LogP contribution in [0.1, 0.15) is 42.2 Å². The van der Waals surface area contributed by atoms with Gasteiger partial charge in [-0.3, -0.25) is 14.7 Å². The minimum atomic E-state index is 0.0878. The maximum atomic E-state index is 12.8. The molecule has 0 spiro atoms. The number of amides is 1. The molecule has 0 radical (unpaired) electrons. The number of carbonyl (C=O) groups excluding carboxylic acids is 1. The molecule has 24 heavy (non-hydrogen) atoms. The van der Waals surface area contributed by atoms with Crippen LogP contribution >= 0.6 is 0 Å². The van der Waals surface area contributed by atoms with Crippen molar-refractivity contribution in [3.05, 3.63) is 66.0 Å². The van der Waals surface area contributed by atoms with Gasteiger partial charge in [-0.1, -0.05) is 30.3 Å². The first-order valence-corrected chi connectivity index (χ1v) is 8.70. The van der Waals surface area contributed by atoms with E-state index in [1.807, 2.05) is 23.1 Å². The molecule has 0 saturated carbocycles. The largest absolute Gasteiger partial charge is 0.335 e. The summed E-state index contributed by atoms with van der Waals surface area (Å²) in [7, 11) is 0. The number of benzene rings is 1. The molecule has 4 heteroatoms. The molecule has 0 aliphatic carbocycles. The summed E-state index contributed by atoms with van der Waals surface area (Å²) in [6.07, 6.45) is 4.38. The average molecular weight is 323 g/mol. The Bertz CT molecular complexity index is 659. The first-order chi connectivity index (χ1) is 11.7. The van der Waals surface area contributed by atoms with Crippen LogP contribution in [0.15, 0.2) is 54.9 Å². The van der Waals surface area contributed by atoms with Crippen molar-refractivity contribution < 1.29 is 4.79 Å². The van der Waals surface area contributed by atoms with Crippen molar-refractivity contribution in [3.8, 4) is 0 Å².